The highest BCUT2D eigenvalue weighted by Gasteiger charge is 2.33. The van der Waals surface area contributed by atoms with E-state index in [0.717, 1.165) is 37.8 Å². The maximum Gasteiger partial charge on any atom is 0.249 e. The molecule has 6 rings (SSSR count). The number of furan rings is 1. The predicted octanol–water partition coefficient (Wildman–Crippen LogP) is 4.12. The molecule has 0 radical (unpaired) electrons. The van der Waals surface area contributed by atoms with Gasteiger partial charge in [0.25, 0.3) is 0 Å². The number of benzene rings is 3. The Balaban J connectivity index is 1.25. The van der Waals surface area contributed by atoms with E-state index < -0.39 is 17.7 Å². The van der Waals surface area contributed by atoms with Gasteiger partial charge in [-0.15, -0.1) is 5.10 Å². The summed E-state index contributed by atoms with van der Waals surface area (Å²) in [6.45, 7) is 3.74. The number of aromatic nitrogens is 4. The first kappa shape index (κ1) is 32.5. The SMILES string of the molecule is CC(C)(CC(=O)N[C@@H]1CCc2ccccc2N(Cc2ccc3oc(-c4ccccc4-c4nnn[nH]4)c(Br)c3c2)C1=O)NC[C@H](O)CO. The van der Waals surface area contributed by atoms with Gasteiger partial charge in [0.2, 0.25) is 11.8 Å². The quantitative estimate of drug-likeness (QED) is 0.136. The average Bonchev–Trinajstić information content (AvgIpc) is 3.70. The summed E-state index contributed by atoms with van der Waals surface area (Å²) in [5, 5.41) is 40.1. The molecule has 244 valence electrons. The lowest BCUT2D eigenvalue weighted by molar-refractivity contribution is -0.128. The molecular formula is C34H36BrN7O5. The number of aliphatic hydroxyl groups is 2. The minimum atomic E-state index is -0.922. The number of aryl methyl sites for hydroxylation is 1. The van der Waals surface area contributed by atoms with E-state index in [1.54, 1.807) is 4.90 Å². The van der Waals surface area contributed by atoms with Crippen molar-refractivity contribution in [2.45, 2.75) is 57.3 Å². The number of fused-ring (bicyclic) bond motifs is 2. The summed E-state index contributed by atoms with van der Waals surface area (Å²) in [4.78, 5) is 29.0. The summed E-state index contributed by atoms with van der Waals surface area (Å²) >= 11 is 3.76. The van der Waals surface area contributed by atoms with Gasteiger partial charge in [0.15, 0.2) is 5.82 Å². The normalized spacial score (nSPS) is 15.8. The molecule has 47 heavy (non-hydrogen) atoms. The summed E-state index contributed by atoms with van der Waals surface area (Å²) in [5.74, 6) is 0.690. The van der Waals surface area contributed by atoms with Gasteiger partial charge in [-0.05, 0) is 82.4 Å². The number of carbonyl (C=O) groups excluding carboxylic acids is 2. The van der Waals surface area contributed by atoms with Crippen LogP contribution in [0.1, 0.15) is 37.8 Å². The molecule has 3 aromatic carbocycles. The van der Waals surface area contributed by atoms with Crippen molar-refractivity contribution in [3.8, 4) is 22.7 Å². The van der Waals surface area contributed by atoms with Crippen molar-refractivity contribution in [3.05, 3.63) is 82.3 Å². The molecule has 1 aliphatic heterocycles. The van der Waals surface area contributed by atoms with Crippen molar-refractivity contribution in [1.82, 2.24) is 31.3 Å². The van der Waals surface area contributed by atoms with E-state index in [4.69, 9.17) is 9.52 Å². The Kier molecular flexibility index (Phi) is 9.50. The summed E-state index contributed by atoms with van der Waals surface area (Å²) in [6, 6.07) is 20.6. The van der Waals surface area contributed by atoms with Crippen LogP contribution in [0.2, 0.25) is 0 Å². The first-order chi connectivity index (χ1) is 22.6. The molecule has 0 saturated carbocycles. The van der Waals surface area contributed by atoms with Gasteiger partial charge in [0, 0.05) is 40.7 Å². The van der Waals surface area contributed by atoms with E-state index in [9.17, 15) is 14.7 Å². The molecule has 3 heterocycles. The van der Waals surface area contributed by atoms with Crippen molar-refractivity contribution < 1.29 is 24.2 Å². The summed E-state index contributed by atoms with van der Waals surface area (Å²) in [6.07, 6.45) is 0.258. The van der Waals surface area contributed by atoms with E-state index in [1.165, 1.54) is 0 Å². The molecule has 0 spiro atoms. The van der Waals surface area contributed by atoms with Gasteiger partial charge in [-0.1, -0.05) is 48.5 Å². The van der Waals surface area contributed by atoms with Crippen LogP contribution in [0.4, 0.5) is 5.69 Å². The molecule has 0 bridgehead atoms. The number of para-hydroxylation sites is 1. The number of hydrogen-bond donors (Lipinski definition) is 5. The molecule has 5 aromatic rings. The lowest BCUT2D eigenvalue weighted by Crippen LogP contribution is -2.51. The molecule has 0 unspecified atom stereocenters. The van der Waals surface area contributed by atoms with Crippen LogP contribution in [0.3, 0.4) is 0 Å². The number of aliphatic hydroxyl groups excluding tert-OH is 2. The fourth-order valence-corrected chi connectivity index (χ4v) is 6.51. The zero-order valence-electron chi connectivity index (χ0n) is 26.0. The molecule has 1 aliphatic rings. The zero-order valence-corrected chi connectivity index (χ0v) is 27.6. The Bertz CT molecular complexity index is 1890. The number of nitrogens with one attached hydrogen (secondary N) is 3. The molecule has 0 saturated heterocycles. The highest BCUT2D eigenvalue weighted by Crippen LogP contribution is 2.41. The number of halogens is 1. The third-order valence-corrected chi connectivity index (χ3v) is 9.11. The molecule has 13 heteroatoms. The minimum Gasteiger partial charge on any atom is -0.455 e. The van der Waals surface area contributed by atoms with Crippen molar-refractivity contribution in [3.63, 3.8) is 0 Å². The lowest BCUT2D eigenvalue weighted by Gasteiger charge is -2.29. The fourth-order valence-electron chi connectivity index (χ4n) is 5.91. The second-order valence-electron chi connectivity index (χ2n) is 12.4. The summed E-state index contributed by atoms with van der Waals surface area (Å²) in [5.41, 5.74) is 4.36. The molecule has 0 aliphatic carbocycles. The molecule has 2 atom stereocenters. The standard InChI is InChI=1S/C34H36BrN7O5/c1-34(2,36-17-22(44)19-43)16-29(45)37-26-13-12-21-7-3-6-10-27(21)42(33(26)46)18-20-11-14-28-25(15-20)30(35)31(47-28)23-8-4-5-9-24(23)32-38-40-41-39-32/h3-11,14-15,22,26,36,43-44H,12-13,16-19H2,1-2H3,(H,37,45)(H,38,39,40,41)/t22-,26+/m0/s1. The maximum atomic E-state index is 14.1. The van der Waals surface area contributed by atoms with E-state index in [-0.39, 0.29) is 37.9 Å². The molecule has 5 N–H and O–H groups in total. The van der Waals surface area contributed by atoms with Gasteiger partial charge in [-0.25, -0.2) is 5.10 Å². The van der Waals surface area contributed by atoms with Gasteiger partial charge in [-0.3, -0.25) is 9.59 Å². The average molecular weight is 703 g/mol. The van der Waals surface area contributed by atoms with Crippen LogP contribution in [0.5, 0.6) is 0 Å². The highest BCUT2D eigenvalue weighted by molar-refractivity contribution is 9.10. The molecular weight excluding hydrogens is 666 g/mol. The largest absolute Gasteiger partial charge is 0.455 e. The highest BCUT2D eigenvalue weighted by atomic mass is 79.9. The van der Waals surface area contributed by atoms with Crippen molar-refractivity contribution >= 4 is 44.4 Å². The van der Waals surface area contributed by atoms with Crippen LogP contribution < -0.4 is 15.5 Å². The third kappa shape index (κ3) is 7.13. The monoisotopic (exact) mass is 701 g/mol. The molecule has 2 aromatic heterocycles. The first-order valence-corrected chi connectivity index (χ1v) is 16.2. The van der Waals surface area contributed by atoms with Gasteiger partial charge < -0.3 is 30.2 Å². The van der Waals surface area contributed by atoms with Crippen molar-refractivity contribution in [2.75, 3.05) is 18.1 Å². The van der Waals surface area contributed by atoms with Crippen LogP contribution in [0, 0.1) is 0 Å². The van der Waals surface area contributed by atoms with Crippen LogP contribution in [-0.2, 0) is 22.6 Å². The molecule has 0 fully saturated rings. The number of hydrogen-bond acceptors (Lipinski definition) is 9. The topological polar surface area (TPSA) is 169 Å². The number of anilines is 1. The van der Waals surface area contributed by atoms with Crippen LogP contribution in [0.25, 0.3) is 33.7 Å². The van der Waals surface area contributed by atoms with Crippen LogP contribution in [0.15, 0.2) is 75.6 Å². The second kappa shape index (κ2) is 13.7. The van der Waals surface area contributed by atoms with Gasteiger partial charge in [0.05, 0.1) is 23.7 Å². The Morgan fingerprint density at radius 2 is 1.91 bits per heavy atom. The minimum absolute atomic E-state index is 0.0888. The van der Waals surface area contributed by atoms with E-state index in [0.29, 0.717) is 30.0 Å². The maximum absolute atomic E-state index is 14.1. The fraction of sp³-hybridized carbons (Fsp3) is 0.324. The third-order valence-electron chi connectivity index (χ3n) is 8.32. The van der Waals surface area contributed by atoms with Crippen LogP contribution >= 0.6 is 15.9 Å². The summed E-state index contributed by atoms with van der Waals surface area (Å²) < 4.78 is 7.08. The van der Waals surface area contributed by atoms with Crippen molar-refractivity contribution in [2.24, 2.45) is 0 Å². The summed E-state index contributed by atoms with van der Waals surface area (Å²) in [7, 11) is 0. The molecule has 2 amide bonds. The number of tetrazole rings is 1. The number of amides is 2. The number of β-amino-alcohol motifs (C(OH)–C–C–N with tert-alkyl or cyclic N) is 1. The number of carbonyl (C=O) groups is 2. The predicted molar refractivity (Wildman–Crippen MR) is 180 cm³/mol. The van der Waals surface area contributed by atoms with Gasteiger partial charge in [-0.2, -0.15) is 0 Å². The van der Waals surface area contributed by atoms with E-state index in [1.807, 2.05) is 80.6 Å². The number of rotatable bonds is 11. The zero-order chi connectivity index (χ0) is 33.1. The second-order valence-corrected chi connectivity index (χ2v) is 13.2. The Morgan fingerprint density at radius 3 is 2.68 bits per heavy atom. The smallest absolute Gasteiger partial charge is 0.249 e. The van der Waals surface area contributed by atoms with Crippen molar-refractivity contribution in [1.29, 1.82) is 0 Å². The number of aromatic amines is 1. The Morgan fingerprint density at radius 1 is 1.15 bits per heavy atom. The molecule has 12 nitrogen and oxygen atoms in total. The van der Waals surface area contributed by atoms with Gasteiger partial charge in [0.1, 0.15) is 17.4 Å². The van der Waals surface area contributed by atoms with Gasteiger partial charge >= 0.3 is 0 Å². The van der Waals surface area contributed by atoms with Crippen LogP contribution in [-0.4, -0.2) is 73.5 Å². The number of nitrogens with zero attached hydrogens (tertiary/aromatic N) is 4. The lowest BCUT2D eigenvalue weighted by atomic mass is 9.99. The van der Waals surface area contributed by atoms with E-state index in [2.05, 4.69) is 47.2 Å². The Hall–Kier alpha value is -4.43. The van der Waals surface area contributed by atoms with E-state index >= 15 is 0 Å². The number of H-pyrrole nitrogens is 1. The Labute approximate surface area is 279 Å². The first-order valence-electron chi connectivity index (χ1n) is 15.4.